The lowest BCUT2D eigenvalue weighted by atomic mass is 10.3. The average Bonchev–Trinajstić information content (AvgIpc) is 3.30. The molecule has 0 aliphatic rings. The van der Waals surface area contributed by atoms with E-state index in [2.05, 4.69) is 9.97 Å². The van der Waals surface area contributed by atoms with E-state index < -0.39 is 10.0 Å². The van der Waals surface area contributed by atoms with Crippen molar-refractivity contribution < 1.29 is 12.8 Å². The second-order valence-electron chi connectivity index (χ2n) is 6.61. The summed E-state index contributed by atoms with van der Waals surface area (Å²) in [5.74, 6) is 0.610. The zero-order valence-electron chi connectivity index (χ0n) is 16.5. The molecule has 0 aliphatic carbocycles. The highest BCUT2D eigenvalue weighted by molar-refractivity contribution is 7.98. The SMILES string of the molecule is CCN(CC)S(=O)(=O)c1ccc2oc(SCc3cn4c(C)cccc4n3)nc2c1. The first-order valence-electron chi connectivity index (χ1n) is 9.39. The van der Waals surface area contributed by atoms with Gasteiger partial charge in [0.15, 0.2) is 5.58 Å². The van der Waals surface area contributed by atoms with E-state index in [0.717, 1.165) is 17.0 Å². The third-order valence-electron chi connectivity index (χ3n) is 4.77. The van der Waals surface area contributed by atoms with E-state index in [0.29, 0.717) is 35.2 Å². The summed E-state index contributed by atoms with van der Waals surface area (Å²) >= 11 is 1.44. The zero-order chi connectivity index (χ0) is 20.6. The molecule has 0 amide bonds. The van der Waals surface area contributed by atoms with Gasteiger partial charge < -0.3 is 8.82 Å². The van der Waals surface area contributed by atoms with Gasteiger partial charge in [-0.3, -0.25) is 0 Å². The van der Waals surface area contributed by atoms with Gasteiger partial charge in [-0.05, 0) is 37.3 Å². The molecule has 0 radical (unpaired) electrons. The molecule has 0 saturated carbocycles. The second-order valence-corrected chi connectivity index (χ2v) is 9.48. The van der Waals surface area contributed by atoms with Gasteiger partial charge in [0.05, 0.1) is 10.6 Å². The average molecular weight is 431 g/mol. The Bertz CT molecular complexity index is 1270. The van der Waals surface area contributed by atoms with Crippen LogP contribution in [0.3, 0.4) is 0 Å². The lowest BCUT2D eigenvalue weighted by molar-refractivity contribution is 0.445. The lowest BCUT2D eigenvalue weighted by Crippen LogP contribution is -2.30. The molecule has 4 rings (SSSR count). The number of aryl methyl sites for hydroxylation is 1. The first kappa shape index (κ1) is 19.9. The maximum atomic E-state index is 12.7. The monoisotopic (exact) mass is 430 g/mol. The van der Waals surface area contributed by atoms with Gasteiger partial charge in [-0.15, -0.1) is 0 Å². The number of hydrogen-bond donors (Lipinski definition) is 0. The summed E-state index contributed by atoms with van der Waals surface area (Å²) in [5.41, 5.74) is 4.05. The van der Waals surface area contributed by atoms with E-state index in [9.17, 15) is 8.42 Å². The fourth-order valence-electron chi connectivity index (χ4n) is 3.22. The fourth-order valence-corrected chi connectivity index (χ4v) is 5.43. The van der Waals surface area contributed by atoms with Crippen LogP contribution in [-0.4, -0.2) is 40.2 Å². The van der Waals surface area contributed by atoms with Crippen LogP contribution in [0.2, 0.25) is 0 Å². The van der Waals surface area contributed by atoms with Crippen LogP contribution in [0.25, 0.3) is 16.7 Å². The third kappa shape index (κ3) is 3.77. The van der Waals surface area contributed by atoms with E-state index in [4.69, 9.17) is 4.42 Å². The Labute approximate surface area is 173 Å². The van der Waals surface area contributed by atoms with Crippen LogP contribution in [-0.2, 0) is 15.8 Å². The number of fused-ring (bicyclic) bond motifs is 2. The molecule has 0 N–H and O–H groups in total. The van der Waals surface area contributed by atoms with Crippen molar-refractivity contribution in [2.45, 2.75) is 36.6 Å². The van der Waals surface area contributed by atoms with Gasteiger partial charge in [0.1, 0.15) is 11.2 Å². The molecule has 29 heavy (non-hydrogen) atoms. The lowest BCUT2D eigenvalue weighted by Gasteiger charge is -2.18. The van der Waals surface area contributed by atoms with Crippen molar-refractivity contribution in [3.63, 3.8) is 0 Å². The quantitative estimate of drug-likeness (QED) is 0.411. The number of pyridine rings is 1. The molecule has 3 heterocycles. The van der Waals surface area contributed by atoms with Gasteiger partial charge >= 0.3 is 0 Å². The second kappa shape index (κ2) is 7.81. The molecule has 0 unspecified atom stereocenters. The van der Waals surface area contributed by atoms with E-state index in [1.165, 1.54) is 16.1 Å². The smallest absolute Gasteiger partial charge is 0.257 e. The summed E-state index contributed by atoms with van der Waals surface area (Å²) in [4.78, 5) is 9.31. The van der Waals surface area contributed by atoms with Crippen LogP contribution >= 0.6 is 11.8 Å². The fraction of sp³-hybridized carbons (Fsp3) is 0.300. The van der Waals surface area contributed by atoms with Crippen molar-refractivity contribution in [3.8, 4) is 0 Å². The molecule has 9 heteroatoms. The normalized spacial score (nSPS) is 12.4. The van der Waals surface area contributed by atoms with Crippen LogP contribution in [0.1, 0.15) is 25.2 Å². The number of aromatic nitrogens is 3. The summed E-state index contributed by atoms with van der Waals surface area (Å²) in [6.07, 6.45) is 2.01. The van der Waals surface area contributed by atoms with Crippen LogP contribution in [0.4, 0.5) is 0 Å². The Morgan fingerprint density at radius 1 is 1.14 bits per heavy atom. The number of rotatable bonds is 7. The third-order valence-corrected chi connectivity index (χ3v) is 7.68. The van der Waals surface area contributed by atoms with Gasteiger partial charge in [0.25, 0.3) is 5.22 Å². The van der Waals surface area contributed by atoms with E-state index in [1.807, 2.05) is 49.6 Å². The molecule has 152 valence electrons. The van der Waals surface area contributed by atoms with Crippen LogP contribution in [0.15, 0.2) is 57.1 Å². The van der Waals surface area contributed by atoms with Crippen molar-refractivity contribution in [3.05, 3.63) is 54.0 Å². The van der Waals surface area contributed by atoms with Gasteiger partial charge in [0, 0.05) is 30.7 Å². The highest BCUT2D eigenvalue weighted by Gasteiger charge is 2.22. The molecular formula is C20H22N4O3S2. The maximum absolute atomic E-state index is 12.7. The van der Waals surface area contributed by atoms with E-state index >= 15 is 0 Å². The summed E-state index contributed by atoms with van der Waals surface area (Å²) in [7, 11) is -3.53. The molecule has 0 fully saturated rings. The van der Waals surface area contributed by atoms with Crippen molar-refractivity contribution >= 4 is 38.5 Å². The van der Waals surface area contributed by atoms with Crippen LogP contribution in [0.5, 0.6) is 0 Å². The molecule has 0 spiro atoms. The number of hydrogen-bond acceptors (Lipinski definition) is 6. The topological polar surface area (TPSA) is 80.7 Å². The van der Waals surface area contributed by atoms with Gasteiger partial charge in [0.2, 0.25) is 10.0 Å². The number of thioether (sulfide) groups is 1. The standard InChI is InChI=1S/C20H22N4O3S2/c1-4-23(5-2)29(25,26)16-9-10-18-17(11-16)22-20(27-18)28-13-15-12-24-14(3)7-6-8-19(24)21-15/h6-12H,4-5,13H2,1-3H3. The molecular weight excluding hydrogens is 408 g/mol. The van der Waals surface area contributed by atoms with Crippen molar-refractivity contribution in [2.24, 2.45) is 0 Å². The Hall–Kier alpha value is -2.36. The minimum Gasteiger partial charge on any atom is -0.431 e. The Morgan fingerprint density at radius 3 is 2.66 bits per heavy atom. The Balaban J connectivity index is 1.56. The predicted octanol–water partition coefficient (Wildman–Crippen LogP) is 4.11. The number of imidazole rings is 1. The molecule has 0 bridgehead atoms. The molecule has 4 aromatic rings. The number of nitrogens with zero attached hydrogens (tertiary/aromatic N) is 4. The highest BCUT2D eigenvalue weighted by Crippen LogP contribution is 2.28. The summed E-state index contributed by atoms with van der Waals surface area (Å²) < 4.78 is 34.7. The molecule has 3 aromatic heterocycles. The minimum atomic E-state index is -3.53. The number of benzene rings is 1. The summed E-state index contributed by atoms with van der Waals surface area (Å²) in [5, 5.41) is 0.492. The first-order valence-corrected chi connectivity index (χ1v) is 11.8. The number of oxazole rings is 1. The summed E-state index contributed by atoms with van der Waals surface area (Å²) in [6.45, 7) is 6.54. The highest BCUT2D eigenvalue weighted by atomic mass is 32.2. The molecule has 0 aliphatic heterocycles. The Morgan fingerprint density at radius 2 is 1.93 bits per heavy atom. The van der Waals surface area contributed by atoms with Crippen molar-refractivity contribution in [1.29, 1.82) is 0 Å². The van der Waals surface area contributed by atoms with Gasteiger partial charge in [-0.1, -0.05) is 31.7 Å². The molecule has 0 atom stereocenters. The largest absolute Gasteiger partial charge is 0.431 e. The number of sulfonamides is 1. The Kier molecular flexibility index (Phi) is 5.37. The molecule has 0 saturated heterocycles. The molecule has 7 nitrogen and oxygen atoms in total. The minimum absolute atomic E-state index is 0.231. The van der Waals surface area contributed by atoms with E-state index in [-0.39, 0.29) is 4.90 Å². The zero-order valence-corrected chi connectivity index (χ0v) is 18.1. The van der Waals surface area contributed by atoms with Crippen molar-refractivity contribution in [1.82, 2.24) is 18.7 Å². The predicted molar refractivity (Wildman–Crippen MR) is 114 cm³/mol. The van der Waals surface area contributed by atoms with Crippen LogP contribution in [0, 0.1) is 6.92 Å². The van der Waals surface area contributed by atoms with Gasteiger partial charge in [-0.2, -0.15) is 4.31 Å². The van der Waals surface area contributed by atoms with E-state index in [1.54, 1.807) is 18.2 Å². The van der Waals surface area contributed by atoms with Gasteiger partial charge in [-0.25, -0.2) is 18.4 Å². The summed E-state index contributed by atoms with van der Waals surface area (Å²) in [6, 6.07) is 10.8. The molecule has 1 aromatic carbocycles. The first-order chi connectivity index (χ1) is 13.9. The van der Waals surface area contributed by atoms with Crippen LogP contribution < -0.4 is 0 Å². The maximum Gasteiger partial charge on any atom is 0.257 e. The van der Waals surface area contributed by atoms with Crippen molar-refractivity contribution in [2.75, 3.05) is 13.1 Å².